The highest BCUT2D eigenvalue weighted by Crippen LogP contribution is 2.32. The first-order valence-electron chi connectivity index (χ1n) is 9.66. The minimum Gasteiger partial charge on any atom is -0.496 e. The summed E-state index contributed by atoms with van der Waals surface area (Å²) in [4.78, 5) is 7.12. The van der Waals surface area contributed by atoms with Gasteiger partial charge in [-0.3, -0.25) is 0 Å². The van der Waals surface area contributed by atoms with E-state index in [4.69, 9.17) is 14.5 Å². The maximum Gasteiger partial charge on any atom is 0.199 e. The third-order valence-electron chi connectivity index (χ3n) is 5.06. The van der Waals surface area contributed by atoms with E-state index < -0.39 is 0 Å². The van der Waals surface area contributed by atoms with Gasteiger partial charge in [-0.15, -0.1) is 12.4 Å². The van der Waals surface area contributed by atoms with Gasteiger partial charge in [0.25, 0.3) is 0 Å². The van der Waals surface area contributed by atoms with Crippen molar-refractivity contribution in [3.63, 3.8) is 0 Å². The van der Waals surface area contributed by atoms with Crippen molar-refractivity contribution in [2.45, 2.75) is 19.6 Å². The van der Waals surface area contributed by atoms with Crippen LogP contribution in [-0.4, -0.2) is 25.1 Å². The van der Waals surface area contributed by atoms with Gasteiger partial charge in [0.1, 0.15) is 11.5 Å². The number of hydrogen-bond donors (Lipinski definition) is 1. The Morgan fingerprint density at radius 3 is 2.23 bits per heavy atom. The van der Waals surface area contributed by atoms with Gasteiger partial charge in [-0.1, -0.05) is 54.6 Å². The van der Waals surface area contributed by atoms with Crippen LogP contribution in [0.2, 0.25) is 0 Å². The zero-order chi connectivity index (χ0) is 20.1. The number of ether oxygens (including phenoxy) is 2. The highest BCUT2D eigenvalue weighted by Gasteiger charge is 2.23. The minimum absolute atomic E-state index is 0. The van der Waals surface area contributed by atoms with Crippen LogP contribution in [0.25, 0.3) is 0 Å². The highest BCUT2D eigenvalue weighted by molar-refractivity contribution is 5.96. The monoisotopic (exact) mass is 423 g/mol. The predicted octanol–water partition coefficient (Wildman–Crippen LogP) is 5.11. The number of nitrogens with zero attached hydrogens (tertiary/aromatic N) is 2. The fourth-order valence-electron chi connectivity index (χ4n) is 3.55. The molecule has 5 nitrogen and oxygen atoms in total. The van der Waals surface area contributed by atoms with Gasteiger partial charge in [0.15, 0.2) is 5.96 Å². The molecule has 0 amide bonds. The summed E-state index contributed by atoms with van der Waals surface area (Å²) in [5, 5.41) is 3.51. The number of benzene rings is 3. The van der Waals surface area contributed by atoms with E-state index in [1.807, 2.05) is 42.5 Å². The maximum atomic E-state index is 5.60. The summed E-state index contributed by atoms with van der Waals surface area (Å²) in [5.74, 6) is 2.47. The molecule has 0 bridgehead atoms. The molecule has 1 aliphatic rings. The molecule has 0 atom stereocenters. The molecule has 30 heavy (non-hydrogen) atoms. The van der Waals surface area contributed by atoms with Crippen LogP contribution in [0, 0.1) is 0 Å². The van der Waals surface area contributed by atoms with Gasteiger partial charge in [-0.2, -0.15) is 0 Å². The van der Waals surface area contributed by atoms with Crippen molar-refractivity contribution in [1.82, 2.24) is 4.90 Å². The molecule has 0 aromatic heterocycles. The zero-order valence-electron chi connectivity index (χ0n) is 17.2. The third kappa shape index (κ3) is 4.69. The maximum absolute atomic E-state index is 5.60. The summed E-state index contributed by atoms with van der Waals surface area (Å²) >= 11 is 0. The first-order valence-corrected chi connectivity index (χ1v) is 9.66. The summed E-state index contributed by atoms with van der Waals surface area (Å²) < 4.78 is 11.2. The Kier molecular flexibility index (Phi) is 7.20. The smallest absolute Gasteiger partial charge is 0.199 e. The number of nitrogens with one attached hydrogen (secondary N) is 1. The molecule has 0 aliphatic carbocycles. The zero-order valence-corrected chi connectivity index (χ0v) is 18.0. The quantitative estimate of drug-likeness (QED) is 0.598. The molecule has 6 heteroatoms. The SMILES string of the molecule is COc1cccc(OC)c1CN1Cc2ccccc2NC1=NCc1ccccc1.Cl. The van der Waals surface area contributed by atoms with Crippen molar-refractivity contribution in [2.24, 2.45) is 4.99 Å². The second-order valence-electron chi connectivity index (χ2n) is 6.90. The van der Waals surface area contributed by atoms with Crippen molar-refractivity contribution < 1.29 is 9.47 Å². The Morgan fingerprint density at radius 2 is 1.53 bits per heavy atom. The molecular weight excluding hydrogens is 398 g/mol. The van der Waals surface area contributed by atoms with Crippen molar-refractivity contribution in [3.05, 3.63) is 89.5 Å². The molecule has 1 heterocycles. The van der Waals surface area contributed by atoms with Crippen LogP contribution in [0.4, 0.5) is 5.69 Å². The molecule has 0 unspecified atom stereocenters. The summed E-state index contributed by atoms with van der Waals surface area (Å²) in [6.07, 6.45) is 0. The molecule has 0 spiro atoms. The van der Waals surface area contributed by atoms with Gasteiger partial charge in [-0.25, -0.2) is 4.99 Å². The van der Waals surface area contributed by atoms with Gasteiger partial charge in [-0.05, 0) is 29.3 Å². The molecule has 1 aliphatic heterocycles. The molecule has 0 radical (unpaired) electrons. The average Bonchev–Trinajstić information content (AvgIpc) is 2.78. The minimum atomic E-state index is 0. The van der Waals surface area contributed by atoms with Crippen LogP contribution in [0.5, 0.6) is 11.5 Å². The van der Waals surface area contributed by atoms with E-state index in [2.05, 4.69) is 40.5 Å². The summed E-state index contributed by atoms with van der Waals surface area (Å²) in [5.41, 5.74) is 4.52. The van der Waals surface area contributed by atoms with Gasteiger partial charge < -0.3 is 19.7 Å². The standard InChI is InChI=1S/C24H25N3O2.ClH/c1-28-22-13-8-14-23(29-2)20(22)17-27-16-19-11-6-7-12-21(19)26-24(27)25-15-18-9-4-3-5-10-18;/h3-14H,15-17H2,1-2H3,(H,25,26);1H. The van der Waals surface area contributed by atoms with Crippen LogP contribution >= 0.6 is 12.4 Å². The van der Waals surface area contributed by atoms with Crippen LogP contribution in [0.15, 0.2) is 77.8 Å². The fraction of sp³-hybridized carbons (Fsp3) is 0.208. The number of halogens is 1. The lowest BCUT2D eigenvalue weighted by molar-refractivity contribution is 0.349. The predicted molar refractivity (Wildman–Crippen MR) is 124 cm³/mol. The molecular formula is C24H26ClN3O2. The Morgan fingerprint density at radius 1 is 0.867 bits per heavy atom. The summed E-state index contributed by atoms with van der Waals surface area (Å²) in [6.45, 7) is 2.01. The number of rotatable bonds is 6. The number of fused-ring (bicyclic) bond motifs is 1. The van der Waals surface area contributed by atoms with Crippen LogP contribution in [0.3, 0.4) is 0 Å². The van der Waals surface area contributed by atoms with Gasteiger partial charge in [0.2, 0.25) is 0 Å². The van der Waals surface area contributed by atoms with Crippen molar-refractivity contribution in [2.75, 3.05) is 19.5 Å². The number of hydrogen-bond acceptors (Lipinski definition) is 3. The molecule has 0 fully saturated rings. The second-order valence-corrected chi connectivity index (χ2v) is 6.90. The number of para-hydroxylation sites is 1. The van der Waals surface area contributed by atoms with Gasteiger partial charge in [0, 0.05) is 12.2 Å². The molecule has 1 N–H and O–H groups in total. The van der Waals surface area contributed by atoms with E-state index in [1.54, 1.807) is 14.2 Å². The number of guanidine groups is 1. The van der Waals surface area contributed by atoms with E-state index >= 15 is 0 Å². The lowest BCUT2D eigenvalue weighted by atomic mass is 10.1. The lowest BCUT2D eigenvalue weighted by Crippen LogP contribution is -2.39. The Labute approximate surface area is 183 Å². The Balaban J connectivity index is 0.00000256. The number of anilines is 1. The fourth-order valence-corrected chi connectivity index (χ4v) is 3.55. The van der Waals surface area contributed by atoms with E-state index in [0.29, 0.717) is 13.1 Å². The molecule has 0 saturated carbocycles. The third-order valence-corrected chi connectivity index (χ3v) is 5.06. The van der Waals surface area contributed by atoms with Crippen molar-refractivity contribution in [3.8, 4) is 11.5 Å². The largest absolute Gasteiger partial charge is 0.496 e. The van der Waals surface area contributed by atoms with Crippen molar-refractivity contribution in [1.29, 1.82) is 0 Å². The number of aliphatic imine (C=N–C) groups is 1. The normalized spacial score (nSPS) is 13.8. The number of methoxy groups -OCH3 is 2. The van der Waals surface area contributed by atoms with Crippen molar-refractivity contribution >= 4 is 24.1 Å². The summed E-state index contributed by atoms with van der Waals surface area (Å²) in [6, 6.07) is 24.5. The Hall–Kier alpha value is -3.18. The topological polar surface area (TPSA) is 46.1 Å². The van der Waals surface area contributed by atoms with E-state index in [-0.39, 0.29) is 12.4 Å². The van der Waals surface area contributed by atoms with Crippen LogP contribution < -0.4 is 14.8 Å². The molecule has 4 rings (SSSR count). The van der Waals surface area contributed by atoms with Gasteiger partial charge >= 0.3 is 0 Å². The molecule has 3 aromatic rings. The second kappa shape index (κ2) is 10.0. The van der Waals surface area contributed by atoms with Crippen LogP contribution in [-0.2, 0) is 19.6 Å². The van der Waals surface area contributed by atoms with Crippen LogP contribution in [0.1, 0.15) is 16.7 Å². The first kappa shape index (κ1) is 21.5. The molecule has 0 saturated heterocycles. The first-order chi connectivity index (χ1) is 14.3. The lowest BCUT2D eigenvalue weighted by Gasteiger charge is -2.33. The van der Waals surface area contributed by atoms with E-state index in [9.17, 15) is 0 Å². The highest BCUT2D eigenvalue weighted by atomic mass is 35.5. The molecule has 3 aromatic carbocycles. The van der Waals surface area contributed by atoms with E-state index in [0.717, 1.165) is 35.3 Å². The van der Waals surface area contributed by atoms with Gasteiger partial charge in [0.05, 0.1) is 32.9 Å². The summed E-state index contributed by atoms with van der Waals surface area (Å²) in [7, 11) is 3.37. The van der Waals surface area contributed by atoms with E-state index in [1.165, 1.54) is 11.1 Å². The molecule has 156 valence electrons. The Bertz CT molecular complexity index is 986. The average molecular weight is 424 g/mol.